The fraction of sp³-hybridized carbons (Fsp3) is 0.393. The summed E-state index contributed by atoms with van der Waals surface area (Å²) in [6, 6.07) is 11.3. The summed E-state index contributed by atoms with van der Waals surface area (Å²) in [6.45, 7) is 0.734. The van der Waals surface area contributed by atoms with Crippen LogP contribution in [0.15, 0.2) is 42.5 Å². The molecule has 0 saturated carbocycles. The second-order valence-corrected chi connectivity index (χ2v) is 10.3. The number of alkyl halides is 2. The molecule has 1 unspecified atom stereocenters. The number of carbonyl (C=O) groups is 5. The summed E-state index contributed by atoms with van der Waals surface area (Å²) in [5.41, 5.74) is 2.27. The average Bonchev–Trinajstić information content (AvgIpc) is 2.95. The summed E-state index contributed by atoms with van der Waals surface area (Å²) in [6.07, 6.45) is -0.508. The zero-order valence-corrected chi connectivity index (χ0v) is 24.5. The Morgan fingerprint density at radius 1 is 1.16 bits per heavy atom. The lowest BCUT2D eigenvalue weighted by molar-refractivity contribution is -0.163. The summed E-state index contributed by atoms with van der Waals surface area (Å²) in [5, 5.41) is 8.25. The topological polar surface area (TPSA) is 146 Å². The van der Waals surface area contributed by atoms with E-state index in [4.69, 9.17) is 16.3 Å². The third kappa shape index (κ3) is 9.81. The molecule has 0 aromatic heterocycles. The third-order valence-corrected chi connectivity index (χ3v) is 6.74. The molecule has 3 N–H and O–H groups in total. The Labute approximate surface area is 251 Å². The Morgan fingerprint density at radius 2 is 1.84 bits per heavy atom. The molecule has 15 heteroatoms. The highest BCUT2D eigenvalue weighted by Gasteiger charge is 2.45. The molecule has 12 nitrogen and oxygen atoms in total. The Hall–Kier alpha value is -4.46. The van der Waals surface area contributed by atoms with Gasteiger partial charge in [0.1, 0.15) is 6.10 Å². The van der Waals surface area contributed by atoms with Crippen LogP contribution in [0.5, 0.6) is 0 Å². The summed E-state index contributed by atoms with van der Waals surface area (Å²) >= 11 is 6.07. The fourth-order valence-corrected chi connectivity index (χ4v) is 4.28. The van der Waals surface area contributed by atoms with E-state index in [0.29, 0.717) is 41.3 Å². The van der Waals surface area contributed by atoms with Gasteiger partial charge in [-0.25, -0.2) is 18.4 Å². The second kappa shape index (κ2) is 14.6. The van der Waals surface area contributed by atoms with Crippen molar-refractivity contribution in [1.29, 1.82) is 0 Å². The van der Waals surface area contributed by atoms with Crippen LogP contribution >= 0.6 is 11.6 Å². The number of anilines is 2. The highest BCUT2D eigenvalue weighted by atomic mass is 35.5. The van der Waals surface area contributed by atoms with Crippen LogP contribution in [0.25, 0.3) is 0 Å². The molecule has 2 aliphatic heterocycles. The molecule has 1 saturated heterocycles. The molecule has 4 rings (SSSR count). The highest BCUT2D eigenvalue weighted by Crippen LogP contribution is 2.35. The van der Waals surface area contributed by atoms with Crippen molar-refractivity contribution in [3.05, 3.63) is 58.6 Å². The molecule has 2 aromatic rings. The van der Waals surface area contributed by atoms with E-state index in [0.717, 1.165) is 10.5 Å². The van der Waals surface area contributed by atoms with Crippen LogP contribution in [0.3, 0.4) is 0 Å². The number of likely N-dealkylation sites (tertiary alicyclic amines) is 1. The lowest BCUT2D eigenvalue weighted by Crippen LogP contribution is -2.57. The number of hydrogen-bond donors (Lipinski definition) is 3. The van der Waals surface area contributed by atoms with Gasteiger partial charge in [0, 0.05) is 42.4 Å². The number of halogens is 3. The van der Waals surface area contributed by atoms with Gasteiger partial charge in [-0.3, -0.25) is 25.0 Å². The molecular formula is C28H32ClF2N5O7. The van der Waals surface area contributed by atoms with Gasteiger partial charge in [0.2, 0.25) is 11.8 Å². The van der Waals surface area contributed by atoms with E-state index >= 15 is 0 Å². The monoisotopic (exact) mass is 623 g/mol. The Kier molecular flexibility index (Phi) is 11.2. The van der Waals surface area contributed by atoms with E-state index < -0.39 is 43.2 Å². The largest absolute Gasteiger partial charge is 0.453 e. The molecule has 0 bridgehead atoms. The molecule has 1 atom stereocenters. The maximum absolute atomic E-state index is 12.4. The molecule has 2 aliphatic rings. The number of amides is 5. The number of carbonyl (C=O) groups excluding carboxylic acids is 5. The molecule has 0 spiro atoms. The molecule has 1 fully saturated rings. The van der Waals surface area contributed by atoms with Gasteiger partial charge in [0.15, 0.2) is 0 Å². The van der Waals surface area contributed by atoms with Gasteiger partial charge in [0.25, 0.3) is 11.8 Å². The van der Waals surface area contributed by atoms with Crippen molar-refractivity contribution >= 4 is 52.9 Å². The van der Waals surface area contributed by atoms with Crippen LogP contribution in [0.1, 0.15) is 41.8 Å². The molecule has 232 valence electrons. The number of nitrogens with one attached hydrogen (secondary N) is 3. The molecular weight excluding hydrogens is 592 g/mol. The number of benzene rings is 2. The summed E-state index contributed by atoms with van der Waals surface area (Å²) in [7, 11) is 2.89. The van der Waals surface area contributed by atoms with Crippen LogP contribution in [-0.4, -0.2) is 86.0 Å². The quantitative estimate of drug-likeness (QED) is 0.398. The first kappa shape index (κ1) is 33.0. The molecule has 0 radical (unpaired) electrons. The van der Waals surface area contributed by atoms with Crippen LogP contribution in [0, 0.1) is 0 Å². The predicted molar refractivity (Wildman–Crippen MR) is 153 cm³/mol. The van der Waals surface area contributed by atoms with Crippen molar-refractivity contribution in [2.24, 2.45) is 0 Å². The van der Waals surface area contributed by atoms with E-state index in [-0.39, 0.29) is 18.4 Å². The summed E-state index contributed by atoms with van der Waals surface area (Å²) in [4.78, 5) is 60.6. The Morgan fingerprint density at radius 3 is 2.42 bits per heavy atom. The number of ether oxygens (including phenoxy) is 2. The minimum Gasteiger partial charge on any atom is -0.453 e. The molecule has 2 aromatic carbocycles. The van der Waals surface area contributed by atoms with E-state index in [1.165, 1.54) is 31.1 Å². The van der Waals surface area contributed by atoms with Crippen LogP contribution < -0.4 is 16.0 Å². The molecule has 43 heavy (non-hydrogen) atoms. The average molecular weight is 624 g/mol. The van der Waals surface area contributed by atoms with Crippen molar-refractivity contribution in [3.8, 4) is 0 Å². The standard InChI is InChI=1S/C23H25ClN4O6.C5H7F2NO/c1-28(11-3-4-19-17-12-15(24)7-10-18(17)27-23(32)34-19)20(29)13-25-21(30)14-5-8-16(9-6-14)26-22(31)33-2;1-4(9)8-2-5(6,7)3-8/h5-10,12,19H,3-4,11,13H2,1-2H3,(H,25,30)(H,26,31)(H,27,32);2-3H2,1H3. The van der Waals surface area contributed by atoms with Gasteiger partial charge < -0.3 is 24.6 Å². The van der Waals surface area contributed by atoms with Gasteiger partial charge in [-0.1, -0.05) is 11.6 Å². The van der Waals surface area contributed by atoms with Crippen molar-refractivity contribution < 1.29 is 42.2 Å². The third-order valence-electron chi connectivity index (χ3n) is 6.50. The van der Waals surface area contributed by atoms with E-state index in [9.17, 15) is 32.8 Å². The normalized spacial score (nSPS) is 16.1. The minimum absolute atomic E-state index is 0.168. The number of fused-ring (bicyclic) bond motifs is 1. The first-order valence-corrected chi connectivity index (χ1v) is 13.5. The minimum atomic E-state index is -2.62. The van der Waals surface area contributed by atoms with E-state index in [2.05, 4.69) is 20.7 Å². The van der Waals surface area contributed by atoms with Crippen molar-refractivity contribution in [3.63, 3.8) is 0 Å². The zero-order valence-electron chi connectivity index (χ0n) is 23.7. The maximum Gasteiger partial charge on any atom is 0.412 e. The van der Waals surface area contributed by atoms with E-state index in [1.54, 1.807) is 37.4 Å². The summed E-state index contributed by atoms with van der Waals surface area (Å²) in [5.74, 6) is -3.57. The molecule has 2 heterocycles. The van der Waals surface area contributed by atoms with E-state index in [1.807, 2.05) is 0 Å². The highest BCUT2D eigenvalue weighted by molar-refractivity contribution is 6.30. The van der Waals surface area contributed by atoms with Crippen LogP contribution in [0.4, 0.5) is 29.7 Å². The number of cyclic esters (lactones) is 1. The van der Waals surface area contributed by atoms with Gasteiger partial charge in [0.05, 0.1) is 32.4 Å². The number of rotatable bonds is 8. The smallest absolute Gasteiger partial charge is 0.412 e. The molecule has 0 aliphatic carbocycles. The Bertz CT molecular complexity index is 1350. The SMILES string of the molecule is CC(=O)N1CC(F)(F)C1.COC(=O)Nc1ccc(C(=O)NCC(=O)N(C)CCCC2OC(=O)Nc3ccc(Cl)cc32)cc1. The number of nitrogens with zero attached hydrogens (tertiary/aromatic N) is 2. The van der Waals surface area contributed by atoms with Gasteiger partial charge in [-0.2, -0.15) is 0 Å². The fourth-order valence-electron chi connectivity index (χ4n) is 4.10. The van der Waals surface area contributed by atoms with Crippen molar-refractivity contribution in [1.82, 2.24) is 15.1 Å². The number of methoxy groups -OCH3 is 1. The van der Waals surface area contributed by atoms with Gasteiger partial charge >= 0.3 is 12.2 Å². The van der Waals surface area contributed by atoms with Crippen molar-refractivity contribution in [2.45, 2.75) is 31.8 Å². The van der Waals surface area contributed by atoms with Crippen LogP contribution in [0.2, 0.25) is 5.02 Å². The number of hydrogen-bond acceptors (Lipinski definition) is 7. The zero-order chi connectivity index (χ0) is 31.7. The second-order valence-electron chi connectivity index (χ2n) is 9.82. The first-order chi connectivity index (χ1) is 20.3. The maximum atomic E-state index is 12.4. The Balaban J connectivity index is 0.000000480. The lowest BCUT2D eigenvalue weighted by Gasteiger charge is -2.37. The molecule has 5 amide bonds. The van der Waals surface area contributed by atoms with Crippen LogP contribution in [-0.2, 0) is 19.1 Å². The lowest BCUT2D eigenvalue weighted by atomic mass is 10.0. The van der Waals surface area contributed by atoms with Gasteiger partial charge in [-0.15, -0.1) is 0 Å². The van der Waals surface area contributed by atoms with Gasteiger partial charge in [-0.05, 0) is 55.3 Å². The number of likely N-dealkylation sites (N-methyl/N-ethyl adjacent to an activating group) is 1. The first-order valence-electron chi connectivity index (χ1n) is 13.2. The summed E-state index contributed by atoms with van der Waals surface area (Å²) < 4.78 is 33.8. The van der Waals surface area contributed by atoms with Crippen molar-refractivity contribution in [2.75, 3.05) is 51.0 Å². The predicted octanol–water partition coefficient (Wildman–Crippen LogP) is 4.27.